The fourth-order valence-electron chi connectivity index (χ4n) is 2.18. The van der Waals surface area contributed by atoms with Crippen LogP contribution in [0.25, 0.3) is 0 Å². The first-order chi connectivity index (χ1) is 9.84. The Balaban J connectivity index is 0.00000220. The molecule has 2 rings (SSSR count). The summed E-state index contributed by atoms with van der Waals surface area (Å²) in [6.07, 6.45) is 1.03. The van der Waals surface area contributed by atoms with Crippen LogP contribution in [0.2, 0.25) is 0 Å². The number of benzene rings is 1. The summed E-state index contributed by atoms with van der Waals surface area (Å²) in [5.41, 5.74) is 0. The molecule has 2 N–H and O–H groups in total. The van der Waals surface area contributed by atoms with E-state index < -0.39 is 0 Å². The number of carbonyl (C=O) groups is 1. The number of halogens is 1. The molecule has 0 aromatic heterocycles. The highest BCUT2D eigenvalue weighted by atomic mass is 35.5. The first kappa shape index (κ1) is 18.3. The minimum absolute atomic E-state index is 0. The second-order valence-electron chi connectivity index (χ2n) is 4.90. The third kappa shape index (κ3) is 7.71. The van der Waals surface area contributed by atoms with Gasteiger partial charge in [0.1, 0.15) is 0 Å². The highest BCUT2D eigenvalue weighted by Crippen LogP contribution is 2.16. The SMILES string of the molecule is Cl.O=C(CSc1ccccc1)NCCCN1CCNCC1. The van der Waals surface area contributed by atoms with Gasteiger partial charge in [0, 0.05) is 37.6 Å². The van der Waals surface area contributed by atoms with Crippen LogP contribution in [-0.2, 0) is 4.79 Å². The number of hydrogen-bond acceptors (Lipinski definition) is 4. The van der Waals surface area contributed by atoms with E-state index in [2.05, 4.69) is 15.5 Å². The van der Waals surface area contributed by atoms with Crippen molar-refractivity contribution in [3.63, 3.8) is 0 Å². The Labute approximate surface area is 137 Å². The van der Waals surface area contributed by atoms with E-state index in [0.29, 0.717) is 5.75 Å². The molecule has 21 heavy (non-hydrogen) atoms. The Morgan fingerprint density at radius 3 is 2.67 bits per heavy atom. The summed E-state index contributed by atoms with van der Waals surface area (Å²) in [7, 11) is 0. The van der Waals surface area contributed by atoms with Crippen LogP contribution in [0.3, 0.4) is 0 Å². The van der Waals surface area contributed by atoms with Crippen molar-refractivity contribution in [2.75, 3.05) is 45.0 Å². The van der Waals surface area contributed by atoms with Crippen molar-refractivity contribution in [3.05, 3.63) is 30.3 Å². The summed E-state index contributed by atoms with van der Waals surface area (Å²) >= 11 is 1.58. The summed E-state index contributed by atoms with van der Waals surface area (Å²) in [5, 5.41) is 6.33. The molecule has 1 saturated heterocycles. The molecule has 1 aliphatic rings. The molecule has 0 unspecified atom stereocenters. The zero-order valence-corrected chi connectivity index (χ0v) is 13.8. The van der Waals surface area contributed by atoms with E-state index in [1.165, 1.54) is 0 Å². The van der Waals surface area contributed by atoms with Gasteiger partial charge in [0.05, 0.1) is 5.75 Å². The smallest absolute Gasteiger partial charge is 0.230 e. The number of thioether (sulfide) groups is 1. The molecule has 118 valence electrons. The number of rotatable bonds is 7. The molecule has 1 aliphatic heterocycles. The second kappa shape index (κ2) is 10.9. The van der Waals surface area contributed by atoms with E-state index in [9.17, 15) is 4.79 Å². The lowest BCUT2D eigenvalue weighted by molar-refractivity contribution is -0.118. The van der Waals surface area contributed by atoms with Crippen molar-refractivity contribution in [2.45, 2.75) is 11.3 Å². The maximum absolute atomic E-state index is 11.7. The molecule has 1 aromatic rings. The predicted molar refractivity (Wildman–Crippen MR) is 91.4 cm³/mol. The van der Waals surface area contributed by atoms with E-state index in [0.717, 1.165) is 50.6 Å². The quantitative estimate of drug-likeness (QED) is 0.589. The van der Waals surface area contributed by atoms with Gasteiger partial charge in [-0.2, -0.15) is 0 Å². The topological polar surface area (TPSA) is 44.4 Å². The first-order valence-corrected chi connectivity index (χ1v) is 8.21. The number of amides is 1. The minimum Gasteiger partial charge on any atom is -0.355 e. The third-order valence-corrected chi connectivity index (χ3v) is 4.31. The van der Waals surface area contributed by atoms with E-state index in [1.54, 1.807) is 11.8 Å². The number of nitrogens with one attached hydrogen (secondary N) is 2. The first-order valence-electron chi connectivity index (χ1n) is 7.22. The average Bonchev–Trinajstić information content (AvgIpc) is 2.52. The third-order valence-electron chi connectivity index (χ3n) is 3.30. The van der Waals surface area contributed by atoms with Crippen molar-refractivity contribution in [1.29, 1.82) is 0 Å². The van der Waals surface area contributed by atoms with Crippen LogP contribution in [0.4, 0.5) is 0 Å². The normalized spacial score (nSPS) is 15.2. The van der Waals surface area contributed by atoms with Crippen LogP contribution in [0.15, 0.2) is 35.2 Å². The molecule has 0 saturated carbocycles. The number of hydrogen-bond donors (Lipinski definition) is 2. The van der Waals surface area contributed by atoms with Crippen molar-refractivity contribution in [2.24, 2.45) is 0 Å². The van der Waals surface area contributed by atoms with Crippen molar-refractivity contribution < 1.29 is 4.79 Å². The molecule has 1 aromatic carbocycles. The summed E-state index contributed by atoms with van der Waals surface area (Å²) in [5.74, 6) is 0.622. The largest absolute Gasteiger partial charge is 0.355 e. The summed E-state index contributed by atoms with van der Waals surface area (Å²) < 4.78 is 0. The van der Waals surface area contributed by atoms with Crippen LogP contribution in [-0.4, -0.2) is 55.8 Å². The van der Waals surface area contributed by atoms with Gasteiger partial charge in [-0.05, 0) is 25.1 Å². The molecular formula is C15H24ClN3OS. The Morgan fingerprint density at radius 2 is 1.95 bits per heavy atom. The van der Waals surface area contributed by atoms with E-state index in [4.69, 9.17) is 0 Å². The van der Waals surface area contributed by atoms with Crippen molar-refractivity contribution in [1.82, 2.24) is 15.5 Å². The van der Waals surface area contributed by atoms with Crippen LogP contribution in [0, 0.1) is 0 Å². The lowest BCUT2D eigenvalue weighted by atomic mass is 10.3. The molecular weight excluding hydrogens is 306 g/mol. The molecule has 0 radical (unpaired) electrons. The monoisotopic (exact) mass is 329 g/mol. The highest BCUT2D eigenvalue weighted by Gasteiger charge is 2.08. The van der Waals surface area contributed by atoms with Crippen LogP contribution < -0.4 is 10.6 Å². The fourth-order valence-corrected chi connectivity index (χ4v) is 2.93. The van der Waals surface area contributed by atoms with Gasteiger partial charge in [-0.25, -0.2) is 0 Å². The Hall–Kier alpha value is -0.750. The fraction of sp³-hybridized carbons (Fsp3) is 0.533. The minimum atomic E-state index is 0. The lowest BCUT2D eigenvalue weighted by Gasteiger charge is -2.27. The van der Waals surface area contributed by atoms with Gasteiger partial charge < -0.3 is 15.5 Å². The van der Waals surface area contributed by atoms with Crippen LogP contribution in [0.1, 0.15) is 6.42 Å². The molecule has 0 atom stereocenters. The molecule has 6 heteroatoms. The van der Waals surface area contributed by atoms with E-state index in [-0.39, 0.29) is 18.3 Å². The number of nitrogens with zero attached hydrogens (tertiary/aromatic N) is 1. The maximum Gasteiger partial charge on any atom is 0.230 e. The van der Waals surface area contributed by atoms with Gasteiger partial charge in [0.2, 0.25) is 5.91 Å². The van der Waals surface area contributed by atoms with E-state index in [1.807, 2.05) is 30.3 Å². The van der Waals surface area contributed by atoms with Gasteiger partial charge in [-0.1, -0.05) is 18.2 Å². The summed E-state index contributed by atoms with van der Waals surface area (Å²) in [6, 6.07) is 10.0. The Kier molecular flexibility index (Phi) is 9.50. The summed E-state index contributed by atoms with van der Waals surface area (Å²) in [6.45, 7) is 6.27. The van der Waals surface area contributed by atoms with Gasteiger partial charge in [-0.15, -0.1) is 24.2 Å². The number of piperazine rings is 1. The molecule has 0 aliphatic carbocycles. The number of carbonyl (C=O) groups excluding carboxylic acids is 1. The standard InChI is InChI=1S/C15H23N3OS.ClH/c19-15(13-20-14-5-2-1-3-6-14)17-7-4-10-18-11-8-16-9-12-18;/h1-3,5-6,16H,4,7-13H2,(H,17,19);1H. The van der Waals surface area contributed by atoms with Crippen molar-refractivity contribution in [3.8, 4) is 0 Å². The van der Waals surface area contributed by atoms with Crippen LogP contribution >= 0.6 is 24.2 Å². The van der Waals surface area contributed by atoms with E-state index >= 15 is 0 Å². The van der Waals surface area contributed by atoms with Crippen molar-refractivity contribution >= 4 is 30.1 Å². The average molecular weight is 330 g/mol. The van der Waals surface area contributed by atoms with Gasteiger partial charge in [0.15, 0.2) is 0 Å². The summed E-state index contributed by atoms with van der Waals surface area (Å²) in [4.78, 5) is 15.3. The zero-order valence-electron chi connectivity index (χ0n) is 12.2. The molecule has 0 bridgehead atoms. The molecule has 1 heterocycles. The molecule has 0 spiro atoms. The zero-order chi connectivity index (χ0) is 14.0. The lowest BCUT2D eigenvalue weighted by Crippen LogP contribution is -2.44. The predicted octanol–water partition coefficient (Wildman–Crippen LogP) is 1.61. The maximum atomic E-state index is 11.7. The molecule has 4 nitrogen and oxygen atoms in total. The van der Waals surface area contributed by atoms with Crippen LogP contribution in [0.5, 0.6) is 0 Å². The highest BCUT2D eigenvalue weighted by molar-refractivity contribution is 8.00. The molecule has 1 amide bonds. The van der Waals surface area contributed by atoms with Gasteiger partial charge in [0.25, 0.3) is 0 Å². The molecule has 1 fully saturated rings. The second-order valence-corrected chi connectivity index (χ2v) is 5.95. The Morgan fingerprint density at radius 1 is 1.24 bits per heavy atom. The van der Waals surface area contributed by atoms with Gasteiger partial charge in [-0.3, -0.25) is 4.79 Å². The van der Waals surface area contributed by atoms with Gasteiger partial charge >= 0.3 is 0 Å². The Bertz CT molecular complexity index is 399.